The average molecular weight is 346 g/mol. The van der Waals surface area contributed by atoms with Gasteiger partial charge in [0, 0.05) is 18.7 Å². The molecule has 0 atom stereocenters. The number of aryl methyl sites for hydroxylation is 2. The van der Waals surface area contributed by atoms with E-state index >= 15 is 0 Å². The number of hydrogen-bond acceptors (Lipinski definition) is 3. The van der Waals surface area contributed by atoms with Crippen molar-refractivity contribution < 1.29 is 19.8 Å². The Morgan fingerprint density at radius 2 is 1.44 bits per heavy atom. The molecule has 0 aliphatic heterocycles. The van der Waals surface area contributed by atoms with Crippen molar-refractivity contribution in [2.45, 2.75) is 53.5 Å². The molecule has 1 heterocycles. The van der Waals surface area contributed by atoms with Crippen LogP contribution in [-0.2, 0) is 25.8 Å². The molecule has 136 valence electrons. The third-order valence-electron chi connectivity index (χ3n) is 3.92. The van der Waals surface area contributed by atoms with Crippen LogP contribution in [0.1, 0.15) is 65.6 Å². The van der Waals surface area contributed by atoms with Crippen molar-refractivity contribution >= 4 is 11.9 Å². The highest BCUT2D eigenvalue weighted by Crippen LogP contribution is 2.14. The summed E-state index contributed by atoms with van der Waals surface area (Å²) in [5.74, 6) is -1.21. The Labute approximate surface area is 148 Å². The van der Waals surface area contributed by atoms with Crippen LogP contribution in [0.5, 0.6) is 0 Å². The van der Waals surface area contributed by atoms with Crippen molar-refractivity contribution in [3.05, 3.63) is 52.6 Å². The van der Waals surface area contributed by atoms with Crippen molar-refractivity contribution in [2.24, 2.45) is 0 Å². The molecule has 2 rings (SSSR count). The molecule has 0 bridgehead atoms. The number of carboxylic acid groups (broad SMARTS) is 2. The minimum Gasteiger partial charge on any atom is -0.478 e. The number of carbonyl (C=O) groups is 2. The van der Waals surface area contributed by atoms with E-state index in [-0.39, 0.29) is 11.1 Å². The predicted molar refractivity (Wildman–Crippen MR) is 96.4 cm³/mol. The summed E-state index contributed by atoms with van der Waals surface area (Å²) in [6.45, 7) is 9.81. The maximum atomic E-state index is 10.5. The number of aromatic carboxylic acids is 2. The number of benzene rings is 1. The van der Waals surface area contributed by atoms with Gasteiger partial charge in [0.15, 0.2) is 0 Å². The quantitative estimate of drug-likeness (QED) is 0.832. The van der Waals surface area contributed by atoms with E-state index in [4.69, 9.17) is 10.2 Å². The smallest absolute Gasteiger partial charge is 0.336 e. The second kappa shape index (κ2) is 9.61. The molecule has 6 nitrogen and oxygen atoms in total. The summed E-state index contributed by atoms with van der Waals surface area (Å²) in [6, 6.07) is 5.48. The van der Waals surface area contributed by atoms with E-state index in [1.165, 1.54) is 41.5 Å². The molecule has 0 aliphatic carbocycles. The molecular weight excluding hydrogens is 320 g/mol. The number of carboxylic acids is 2. The van der Waals surface area contributed by atoms with Gasteiger partial charge in [-0.2, -0.15) is 0 Å². The van der Waals surface area contributed by atoms with Gasteiger partial charge >= 0.3 is 11.9 Å². The summed E-state index contributed by atoms with van der Waals surface area (Å²) in [7, 11) is 0. The average Bonchev–Trinajstić information content (AvgIpc) is 2.98. The summed E-state index contributed by atoms with van der Waals surface area (Å²) < 4.78 is 2.36. The molecule has 0 fully saturated rings. The van der Waals surface area contributed by atoms with Gasteiger partial charge in [-0.25, -0.2) is 14.6 Å². The Morgan fingerprint density at radius 3 is 1.76 bits per heavy atom. The number of aromatic nitrogens is 2. The van der Waals surface area contributed by atoms with E-state index in [1.807, 2.05) is 0 Å². The first kappa shape index (κ1) is 20.4. The molecular formula is C19H26N2O4. The predicted octanol–water partition coefficient (Wildman–Crippen LogP) is 3.67. The highest BCUT2D eigenvalue weighted by atomic mass is 16.4. The Kier molecular flexibility index (Phi) is 7.85. The first-order valence-corrected chi connectivity index (χ1v) is 8.53. The van der Waals surface area contributed by atoms with Crippen LogP contribution in [0, 0.1) is 0 Å². The van der Waals surface area contributed by atoms with Crippen molar-refractivity contribution in [3.8, 4) is 0 Å². The van der Waals surface area contributed by atoms with Crippen LogP contribution in [0.25, 0.3) is 0 Å². The summed E-state index contributed by atoms with van der Waals surface area (Å²) in [5, 5.41) is 17.1. The lowest BCUT2D eigenvalue weighted by atomic mass is 10.1. The van der Waals surface area contributed by atoms with E-state index < -0.39 is 11.9 Å². The number of rotatable bonds is 6. The molecule has 2 N–H and O–H groups in total. The topological polar surface area (TPSA) is 92.4 Å². The lowest BCUT2D eigenvalue weighted by Crippen LogP contribution is -2.06. The third-order valence-corrected chi connectivity index (χ3v) is 3.92. The van der Waals surface area contributed by atoms with Gasteiger partial charge in [-0.3, -0.25) is 0 Å². The molecule has 2 aromatic rings. The van der Waals surface area contributed by atoms with Gasteiger partial charge < -0.3 is 14.8 Å². The maximum absolute atomic E-state index is 10.5. The Hall–Kier alpha value is -2.63. The number of hydrogen-bond donors (Lipinski definition) is 2. The summed E-state index contributed by atoms with van der Waals surface area (Å²) in [4.78, 5) is 25.6. The van der Waals surface area contributed by atoms with Gasteiger partial charge in [0.25, 0.3) is 0 Å². The van der Waals surface area contributed by atoms with E-state index in [0.717, 1.165) is 25.8 Å². The maximum Gasteiger partial charge on any atom is 0.336 e. The molecule has 1 aromatic heterocycles. The zero-order valence-electron chi connectivity index (χ0n) is 15.2. The fourth-order valence-electron chi connectivity index (χ4n) is 2.77. The zero-order valence-corrected chi connectivity index (χ0v) is 15.2. The number of nitrogens with zero attached hydrogens (tertiary/aromatic N) is 2. The Balaban J connectivity index is 0.000000251. The van der Waals surface area contributed by atoms with Crippen LogP contribution in [0.4, 0.5) is 0 Å². The Bertz CT molecular complexity index is 676. The fourth-order valence-corrected chi connectivity index (χ4v) is 2.77. The van der Waals surface area contributed by atoms with E-state index in [9.17, 15) is 9.59 Å². The molecule has 0 aliphatic rings. The van der Waals surface area contributed by atoms with Gasteiger partial charge in [-0.1, -0.05) is 32.9 Å². The summed E-state index contributed by atoms with van der Waals surface area (Å²) in [5.41, 5.74) is 2.35. The first-order valence-electron chi connectivity index (χ1n) is 8.53. The van der Waals surface area contributed by atoms with Crippen molar-refractivity contribution in [1.82, 2.24) is 9.55 Å². The second-order valence-corrected chi connectivity index (χ2v) is 5.38. The summed E-state index contributed by atoms with van der Waals surface area (Å²) >= 11 is 0. The zero-order chi connectivity index (χ0) is 19.0. The van der Waals surface area contributed by atoms with Crippen LogP contribution < -0.4 is 0 Å². The van der Waals surface area contributed by atoms with Crippen molar-refractivity contribution in [3.63, 3.8) is 0 Å². The van der Waals surface area contributed by atoms with Gasteiger partial charge in [-0.15, -0.1) is 0 Å². The summed E-state index contributed by atoms with van der Waals surface area (Å²) in [6.07, 6.45) is 3.20. The first-order chi connectivity index (χ1) is 11.9. The lowest BCUT2D eigenvalue weighted by molar-refractivity contribution is 0.0651. The second-order valence-electron chi connectivity index (χ2n) is 5.38. The van der Waals surface area contributed by atoms with E-state index in [2.05, 4.69) is 37.2 Å². The molecule has 0 saturated carbocycles. The van der Waals surface area contributed by atoms with Crippen LogP contribution in [-0.4, -0.2) is 31.7 Å². The number of imidazole rings is 1. The molecule has 0 unspecified atom stereocenters. The van der Waals surface area contributed by atoms with E-state index in [0.29, 0.717) is 0 Å². The highest BCUT2D eigenvalue weighted by Gasteiger charge is 2.13. The normalized spacial score (nSPS) is 10.1. The van der Waals surface area contributed by atoms with Crippen molar-refractivity contribution in [1.29, 1.82) is 0 Å². The SMILES string of the molecule is CCc1nc(CC)n(CC)c1CC.O=C(O)c1ccccc1C(=O)O. The van der Waals surface area contributed by atoms with Crippen LogP contribution in [0.3, 0.4) is 0 Å². The third kappa shape index (κ3) is 4.92. The molecule has 6 heteroatoms. The molecule has 25 heavy (non-hydrogen) atoms. The largest absolute Gasteiger partial charge is 0.478 e. The van der Waals surface area contributed by atoms with E-state index in [1.54, 1.807) is 0 Å². The Morgan fingerprint density at radius 1 is 0.920 bits per heavy atom. The van der Waals surface area contributed by atoms with Crippen molar-refractivity contribution in [2.75, 3.05) is 0 Å². The van der Waals surface area contributed by atoms with Gasteiger partial charge in [0.05, 0.1) is 16.8 Å². The minimum atomic E-state index is -1.23. The molecule has 0 spiro atoms. The van der Waals surface area contributed by atoms with Crippen LogP contribution >= 0.6 is 0 Å². The standard InChI is InChI=1S/C11H20N2.C8H6O4/c1-5-9-10(6-2)13(8-4)11(7-3)12-9;9-7(10)5-3-1-2-4-6(5)8(11)12/h5-8H2,1-4H3;1-4H,(H,9,10)(H,11,12). The van der Waals surface area contributed by atoms with Crippen LogP contribution in [0.15, 0.2) is 24.3 Å². The lowest BCUT2D eigenvalue weighted by Gasteiger charge is -2.06. The molecule has 0 radical (unpaired) electrons. The monoisotopic (exact) mass is 346 g/mol. The minimum absolute atomic E-state index is 0.190. The van der Waals surface area contributed by atoms with Gasteiger partial charge in [0.1, 0.15) is 5.82 Å². The molecule has 0 amide bonds. The van der Waals surface area contributed by atoms with Crippen LogP contribution in [0.2, 0.25) is 0 Å². The fraction of sp³-hybridized carbons (Fsp3) is 0.421. The van der Waals surface area contributed by atoms with Gasteiger partial charge in [0.2, 0.25) is 0 Å². The molecule has 0 saturated heterocycles. The van der Waals surface area contributed by atoms with Gasteiger partial charge in [-0.05, 0) is 31.9 Å². The highest BCUT2D eigenvalue weighted by molar-refractivity contribution is 6.01. The molecule has 1 aromatic carbocycles.